The van der Waals surface area contributed by atoms with Crippen molar-refractivity contribution in [2.45, 2.75) is 13.0 Å². The highest BCUT2D eigenvalue weighted by atomic mass is 32.2. The highest BCUT2D eigenvalue weighted by Crippen LogP contribution is 1.91. The van der Waals surface area contributed by atoms with Gasteiger partial charge in [-0.15, -0.1) is 0 Å². The number of carbonyl (C=O) groups excluding carboxylic acids is 1. The van der Waals surface area contributed by atoms with Crippen molar-refractivity contribution in [1.82, 2.24) is 5.32 Å². The van der Waals surface area contributed by atoms with E-state index < -0.39 is 27.9 Å². The largest absolute Gasteiger partial charge is 0.390 e. The Morgan fingerprint density at radius 2 is 2.07 bits per heavy atom. The van der Waals surface area contributed by atoms with Crippen LogP contribution in [0.1, 0.15) is 6.92 Å². The Morgan fingerprint density at radius 3 is 2.43 bits per heavy atom. The molecular formula is C7H13NO5S. The first kappa shape index (κ1) is 13.1. The Labute approximate surface area is 82.4 Å². The van der Waals surface area contributed by atoms with E-state index in [0.29, 0.717) is 0 Å². The van der Waals surface area contributed by atoms with Crippen LogP contribution in [0.3, 0.4) is 0 Å². The van der Waals surface area contributed by atoms with Gasteiger partial charge in [0.25, 0.3) is 10.1 Å². The fourth-order valence-electron chi connectivity index (χ4n) is 0.663. The molecule has 0 aromatic heterocycles. The van der Waals surface area contributed by atoms with E-state index >= 15 is 0 Å². The Bertz CT molecular complexity index is 321. The van der Waals surface area contributed by atoms with E-state index in [1.807, 2.05) is 0 Å². The first-order valence-electron chi connectivity index (χ1n) is 3.79. The van der Waals surface area contributed by atoms with E-state index in [1.54, 1.807) is 0 Å². The zero-order valence-electron chi connectivity index (χ0n) is 7.73. The zero-order chi connectivity index (χ0) is 11.4. The summed E-state index contributed by atoms with van der Waals surface area (Å²) in [5.41, 5.74) is 0.254. The van der Waals surface area contributed by atoms with E-state index in [0.717, 1.165) is 0 Å². The van der Waals surface area contributed by atoms with Gasteiger partial charge in [-0.05, 0) is 6.92 Å². The third kappa shape index (κ3) is 6.58. The molecule has 7 heteroatoms. The minimum absolute atomic E-state index is 0.245. The molecule has 1 unspecified atom stereocenters. The van der Waals surface area contributed by atoms with Crippen LogP contribution in [0.25, 0.3) is 0 Å². The fourth-order valence-corrected chi connectivity index (χ4v) is 1.27. The van der Waals surface area contributed by atoms with E-state index in [4.69, 9.17) is 9.66 Å². The average molecular weight is 223 g/mol. The van der Waals surface area contributed by atoms with Crippen LogP contribution in [0, 0.1) is 0 Å². The minimum atomic E-state index is -4.22. The van der Waals surface area contributed by atoms with E-state index in [9.17, 15) is 13.2 Å². The molecule has 0 saturated carbocycles. The second kappa shape index (κ2) is 5.08. The van der Waals surface area contributed by atoms with Gasteiger partial charge >= 0.3 is 0 Å². The van der Waals surface area contributed by atoms with Crippen molar-refractivity contribution >= 4 is 16.0 Å². The lowest BCUT2D eigenvalue weighted by molar-refractivity contribution is -0.117. The maximum atomic E-state index is 10.9. The molecule has 14 heavy (non-hydrogen) atoms. The number of hydrogen-bond donors (Lipinski definition) is 3. The van der Waals surface area contributed by atoms with Crippen molar-refractivity contribution in [2.75, 3.05) is 12.3 Å². The number of amides is 1. The van der Waals surface area contributed by atoms with Gasteiger partial charge in [-0.2, -0.15) is 8.42 Å². The fraction of sp³-hybridized carbons (Fsp3) is 0.571. The molecule has 0 aliphatic heterocycles. The Kier molecular flexibility index (Phi) is 4.75. The molecule has 6 nitrogen and oxygen atoms in total. The van der Waals surface area contributed by atoms with Gasteiger partial charge in [-0.1, -0.05) is 6.58 Å². The second-order valence-electron chi connectivity index (χ2n) is 2.89. The van der Waals surface area contributed by atoms with E-state index in [1.165, 1.54) is 6.92 Å². The van der Waals surface area contributed by atoms with Crippen LogP contribution in [0.4, 0.5) is 0 Å². The number of hydrogen-bond acceptors (Lipinski definition) is 4. The lowest BCUT2D eigenvalue weighted by atomic mass is 10.3. The molecule has 1 atom stereocenters. The van der Waals surface area contributed by atoms with Gasteiger partial charge in [-0.25, -0.2) is 0 Å². The number of aliphatic hydroxyl groups is 1. The van der Waals surface area contributed by atoms with E-state index in [2.05, 4.69) is 11.9 Å². The summed E-state index contributed by atoms with van der Waals surface area (Å²) in [6, 6.07) is 0. The normalized spacial score (nSPS) is 13.4. The molecule has 0 aliphatic rings. The summed E-state index contributed by atoms with van der Waals surface area (Å²) >= 11 is 0. The maximum absolute atomic E-state index is 10.9. The lowest BCUT2D eigenvalue weighted by Crippen LogP contribution is -2.36. The molecule has 0 bridgehead atoms. The van der Waals surface area contributed by atoms with Crippen LogP contribution in [-0.4, -0.2) is 42.4 Å². The van der Waals surface area contributed by atoms with Gasteiger partial charge in [0.15, 0.2) is 0 Å². The SMILES string of the molecule is C=C(C)C(=O)NCC(O)CS(=O)(=O)O. The summed E-state index contributed by atoms with van der Waals surface area (Å²) in [5.74, 6) is -1.27. The van der Waals surface area contributed by atoms with Gasteiger partial charge in [-0.3, -0.25) is 9.35 Å². The number of carbonyl (C=O) groups is 1. The van der Waals surface area contributed by atoms with Crippen molar-refractivity contribution < 1.29 is 22.9 Å². The molecule has 0 aromatic carbocycles. The third-order valence-corrected chi connectivity index (χ3v) is 2.09. The van der Waals surface area contributed by atoms with Gasteiger partial charge in [0.05, 0.1) is 6.10 Å². The molecule has 0 aliphatic carbocycles. The maximum Gasteiger partial charge on any atom is 0.267 e. The van der Waals surface area contributed by atoms with Crippen molar-refractivity contribution in [2.24, 2.45) is 0 Å². The smallest absolute Gasteiger partial charge is 0.267 e. The summed E-state index contributed by atoms with van der Waals surface area (Å²) < 4.78 is 28.9. The zero-order valence-corrected chi connectivity index (χ0v) is 8.54. The first-order valence-corrected chi connectivity index (χ1v) is 5.40. The molecule has 0 rings (SSSR count). The molecule has 0 radical (unpaired) electrons. The molecule has 1 amide bonds. The second-order valence-corrected chi connectivity index (χ2v) is 4.39. The minimum Gasteiger partial charge on any atom is -0.390 e. The van der Waals surface area contributed by atoms with Crippen LogP contribution in [0.2, 0.25) is 0 Å². The van der Waals surface area contributed by atoms with Crippen LogP contribution >= 0.6 is 0 Å². The van der Waals surface area contributed by atoms with Gasteiger partial charge < -0.3 is 10.4 Å². The number of aliphatic hydroxyl groups excluding tert-OH is 1. The molecule has 0 fully saturated rings. The molecule has 0 spiro atoms. The van der Waals surface area contributed by atoms with Crippen molar-refractivity contribution in [3.8, 4) is 0 Å². The number of nitrogens with one attached hydrogen (secondary N) is 1. The predicted molar refractivity (Wildman–Crippen MR) is 50.2 cm³/mol. The average Bonchev–Trinajstić information content (AvgIpc) is 1.96. The molecule has 3 N–H and O–H groups in total. The Morgan fingerprint density at radius 1 is 1.57 bits per heavy atom. The Balaban J connectivity index is 3.92. The summed E-state index contributed by atoms with van der Waals surface area (Å²) in [6.45, 7) is 4.58. The monoisotopic (exact) mass is 223 g/mol. The molecule has 82 valence electrons. The predicted octanol–water partition coefficient (Wildman–Crippen LogP) is -1.07. The van der Waals surface area contributed by atoms with Gasteiger partial charge in [0.1, 0.15) is 5.75 Å². The van der Waals surface area contributed by atoms with Crippen molar-refractivity contribution in [1.29, 1.82) is 0 Å². The highest BCUT2D eigenvalue weighted by molar-refractivity contribution is 7.85. The topological polar surface area (TPSA) is 104 Å². The lowest BCUT2D eigenvalue weighted by Gasteiger charge is -2.09. The first-order chi connectivity index (χ1) is 6.22. The van der Waals surface area contributed by atoms with Gasteiger partial charge in [0, 0.05) is 12.1 Å². The summed E-state index contributed by atoms with van der Waals surface area (Å²) in [6.07, 6.45) is -1.33. The van der Waals surface area contributed by atoms with Crippen LogP contribution in [0.15, 0.2) is 12.2 Å². The summed E-state index contributed by atoms with van der Waals surface area (Å²) in [7, 11) is -4.22. The Hall–Kier alpha value is -0.920. The van der Waals surface area contributed by atoms with E-state index in [-0.39, 0.29) is 12.1 Å². The molecule has 0 aromatic rings. The van der Waals surface area contributed by atoms with Crippen LogP contribution in [-0.2, 0) is 14.9 Å². The summed E-state index contributed by atoms with van der Waals surface area (Å²) in [5, 5.41) is 11.3. The summed E-state index contributed by atoms with van der Waals surface area (Å²) in [4.78, 5) is 10.9. The van der Waals surface area contributed by atoms with Crippen molar-refractivity contribution in [3.63, 3.8) is 0 Å². The molecule has 0 saturated heterocycles. The third-order valence-electron chi connectivity index (χ3n) is 1.29. The van der Waals surface area contributed by atoms with Crippen molar-refractivity contribution in [3.05, 3.63) is 12.2 Å². The highest BCUT2D eigenvalue weighted by Gasteiger charge is 2.14. The quantitative estimate of drug-likeness (QED) is 0.406. The molecule has 0 heterocycles. The number of rotatable bonds is 5. The van der Waals surface area contributed by atoms with Crippen LogP contribution < -0.4 is 5.32 Å². The molecular weight excluding hydrogens is 210 g/mol. The van der Waals surface area contributed by atoms with Crippen LogP contribution in [0.5, 0.6) is 0 Å². The van der Waals surface area contributed by atoms with Gasteiger partial charge in [0.2, 0.25) is 5.91 Å². The standard InChI is InChI=1S/C7H13NO5S/c1-5(2)7(10)8-3-6(9)4-14(11,12)13/h6,9H,1,3-4H2,2H3,(H,8,10)(H,11,12,13).